The van der Waals surface area contributed by atoms with Crippen molar-refractivity contribution >= 4 is 32.7 Å². The summed E-state index contributed by atoms with van der Waals surface area (Å²) in [6.07, 6.45) is 2.20. The number of fused-ring (bicyclic) bond motifs is 1. The highest BCUT2D eigenvalue weighted by atomic mass is 79.9. The molecule has 40 heavy (non-hydrogen) atoms. The van der Waals surface area contributed by atoms with Crippen LogP contribution < -0.4 is 15.2 Å². The van der Waals surface area contributed by atoms with Gasteiger partial charge in [-0.1, -0.05) is 30.3 Å². The molecule has 1 saturated carbocycles. The maximum Gasteiger partial charge on any atom is 0.271 e. The highest BCUT2D eigenvalue weighted by Gasteiger charge is 2.32. The van der Waals surface area contributed by atoms with E-state index < -0.39 is 0 Å². The molecular formula is C31H29BrFN5O2. The summed E-state index contributed by atoms with van der Waals surface area (Å²) in [5.41, 5.74) is 3.89. The van der Waals surface area contributed by atoms with Gasteiger partial charge in [0.15, 0.2) is 0 Å². The molecule has 3 heterocycles. The third-order valence-corrected chi connectivity index (χ3v) is 8.36. The average Bonchev–Trinajstić information content (AvgIpc) is 3.80. The lowest BCUT2D eigenvalue weighted by atomic mass is 9.95. The predicted molar refractivity (Wildman–Crippen MR) is 156 cm³/mol. The SMILES string of the molecule is COc1ccccc1C(c1ccc(F)cc1)N1CCN(c2c(C#N)c(=O)n(CC3CC3)c3ccc(Br)nc23)CC1. The van der Waals surface area contributed by atoms with Crippen LogP contribution in [0.2, 0.25) is 0 Å². The molecule has 9 heteroatoms. The van der Waals surface area contributed by atoms with Gasteiger partial charge < -0.3 is 14.2 Å². The zero-order valence-electron chi connectivity index (χ0n) is 22.2. The fourth-order valence-electron chi connectivity index (χ4n) is 5.76. The second-order valence-corrected chi connectivity index (χ2v) is 11.2. The minimum Gasteiger partial charge on any atom is -0.496 e. The van der Waals surface area contributed by atoms with E-state index in [9.17, 15) is 14.4 Å². The Balaban J connectivity index is 1.37. The van der Waals surface area contributed by atoms with Gasteiger partial charge in [-0.3, -0.25) is 9.69 Å². The van der Waals surface area contributed by atoms with E-state index in [1.165, 1.54) is 12.1 Å². The third kappa shape index (κ3) is 4.98. The van der Waals surface area contributed by atoms with Crippen LogP contribution >= 0.6 is 15.9 Å². The van der Waals surface area contributed by atoms with Crippen molar-refractivity contribution in [2.24, 2.45) is 5.92 Å². The number of nitriles is 1. The van der Waals surface area contributed by atoms with Crippen molar-refractivity contribution in [2.75, 3.05) is 38.2 Å². The maximum absolute atomic E-state index is 13.8. The topological polar surface area (TPSA) is 74.4 Å². The Labute approximate surface area is 240 Å². The molecule has 6 rings (SSSR count). The summed E-state index contributed by atoms with van der Waals surface area (Å²) in [6, 6.07) is 20.3. The first-order valence-corrected chi connectivity index (χ1v) is 14.3. The van der Waals surface area contributed by atoms with E-state index in [1.54, 1.807) is 11.7 Å². The number of aromatic nitrogens is 2. The summed E-state index contributed by atoms with van der Waals surface area (Å²) in [5.74, 6) is 0.965. The van der Waals surface area contributed by atoms with Crippen LogP contribution in [-0.2, 0) is 6.54 Å². The lowest BCUT2D eigenvalue weighted by Crippen LogP contribution is -2.48. The second-order valence-electron chi connectivity index (χ2n) is 10.4. The Morgan fingerprint density at radius 2 is 1.80 bits per heavy atom. The van der Waals surface area contributed by atoms with Crippen LogP contribution in [0.15, 0.2) is 70.1 Å². The van der Waals surface area contributed by atoms with Gasteiger partial charge in [-0.2, -0.15) is 5.26 Å². The standard InChI is InChI=1S/C31H29BrFN5O2/c1-40-26-5-3-2-4-23(26)29(21-8-10-22(33)11-9-21)36-14-16-37(17-15-36)30-24(18-34)31(39)38(19-20-6-7-20)25-12-13-27(32)35-28(25)30/h2-5,8-13,20,29H,6-7,14-17,19H2,1H3. The highest BCUT2D eigenvalue weighted by Crippen LogP contribution is 2.37. The third-order valence-electron chi connectivity index (χ3n) is 7.92. The number of hydrogen-bond donors (Lipinski definition) is 0. The number of anilines is 1. The molecule has 4 aromatic rings. The van der Waals surface area contributed by atoms with Gasteiger partial charge in [-0.25, -0.2) is 9.37 Å². The van der Waals surface area contributed by atoms with Crippen molar-refractivity contribution in [3.8, 4) is 11.8 Å². The molecule has 0 N–H and O–H groups in total. The smallest absolute Gasteiger partial charge is 0.271 e. The Morgan fingerprint density at radius 3 is 2.48 bits per heavy atom. The number of halogens is 2. The van der Waals surface area contributed by atoms with E-state index in [-0.39, 0.29) is 23.0 Å². The van der Waals surface area contributed by atoms with Gasteiger partial charge >= 0.3 is 0 Å². The van der Waals surface area contributed by atoms with Crippen LogP contribution in [0.3, 0.4) is 0 Å². The molecule has 0 radical (unpaired) electrons. The fourth-order valence-corrected chi connectivity index (χ4v) is 6.07. The van der Waals surface area contributed by atoms with Crippen molar-refractivity contribution in [1.82, 2.24) is 14.5 Å². The van der Waals surface area contributed by atoms with E-state index in [4.69, 9.17) is 9.72 Å². The molecule has 1 aliphatic heterocycles. The first-order chi connectivity index (χ1) is 19.5. The van der Waals surface area contributed by atoms with Crippen LogP contribution in [0.4, 0.5) is 10.1 Å². The minimum absolute atomic E-state index is 0.145. The van der Waals surface area contributed by atoms with Crippen molar-refractivity contribution in [3.63, 3.8) is 0 Å². The maximum atomic E-state index is 13.8. The number of rotatable bonds is 7. The summed E-state index contributed by atoms with van der Waals surface area (Å²) >= 11 is 3.50. The molecule has 1 atom stereocenters. The summed E-state index contributed by atoms with van der Waals surface area (Å²) in [5, 5.41) is 10.2. The van der Waals surface area contributed by atoms with Gasteiger partial charge in [0.25, 0.3) is 5.56 Å². The number of ether oxygens (including phenoxy) is 1. The molecule has 2 aliphatic rings. The Kier molecular flexibility index (Phi) is 7.30. The molecule has 1 aliphatic carbocycles. The number of piperazine rings is 1. The summed E-state index contributed by atoms with van der Waals surface area (Å²) in [7, 11) is 1.66. The summed E-state index contributed by atoms with van der Waals surface area (Å²) < 4.78 is 21.9. The Hall–Kier alpha value is -3.74. The number of methoxy groups -OCH3 is 1. The van der Waals surface area contributed by atoms with E-state index in [1.807, 2.05) is 48.5 Å². The molecule has 1 unspecified atom stereocenters. The molecule has 0 bridgehead atoms. The predicted octanol–water partition coefficient (Wildman–Crippen LogP) is 5.50. The molecule has 1 saturated heterocycles. The monoisotopic (exact) mass is 601 g/mol. The van der Waals surface area contributed by atoms with E-state index in [0.29, 0.717) is 54.4 Å². The second kappa shape index (κ2) is 11.0. The highest BCUT2D eigenvalue weighted by molar-refractivity contribution is 9.10. The zero-order valence-corrected chi connectivity index (χ0v) is 23.8. The normalized spacial score (nSPS) is 16.6. The number of para-hydroxylation sites is 1. The van der Waals surface area contributed by atoms with Gasteiger partial charge in [0.2, 0.25) is 0 Å². The number of benzene rings is 2. The first-order valence-electron chi connectivity index (χ1n) is 13.5. The molecule has 7 nitrogen and oxygen atoms in total. The molecule has 0 spiro atoms. The van der Waals surface area contributed by atoms with Crippen LogP contribution in [0.25, 0.3) is 11.0 Å². The van der Waals surface area contributed by atoms with Crippen LogP contribution in [0, 0.1) is 23.1 Å². The van der Waals surface area contributed by atoms with Crippen molar-refractivity contribution in [1.29, 1.82) is 5.26 Å². The number of hydrogen-bond acceptors (Lipinski definition) is 6. The van der Waals surface area contributed by atoms with Gasteiger partial charge in [0.1, 0.15) is 33.3 Å². The molecule has 2 aromatic carbocycles. The zero-order chi connectivity index (χ0) is 27.8. The van der Waals surface area contributed by atoms with Crippen LogP contribution in [-0.4, -0.2) is 47.7 Å². The molecule has 2 aromatic heterocycles. The number of nitrogens with zero attached hydrogens (tertiary/aromatic N) is 5. The van der Waals surface area contributed by atoms with Crippen molar-refractivity contribution < 1.29 is 9.13 Å². The molecule has 2 fully saturated rings. The first kappa shape index (κ1) is 26.5. The van der Waals surface area contributed by atoms with Gasteiger partial charge in [0, 0.05) is 38.3 Å². The molecular weight excluding hydrogens is 573 g/mol. The Morgan fingerprint density at radius 1 is 1.07 bits per heavy atom. The lowest BCUT2D eigenvalue weighted by Gasteiger charge is -2.41. The average molecular weight is 603 g/mol. The van der Waals surface area contributed by atoms with Gasteiger partial charge in [0.05, 0.1) is 24.4 Å². The minimum atomic E-state index is -0.279. The van der Waals surface area contributed by atoms with E-state index in [2.05, 4.69) is 31.8 Å². The largest absolute Gasteiger partial charge is 0.496 e. The summed E-state index contributed by atoms with van der Waals surface area (Å²) in [6.45, 7) is 3.12. The lowest BCUT2D eigenvalue weighted by molar-refractivity contribution is 0.209. The quantitative estimate of drug-likeness (QED) is 0.260. The van der Waals surface area contributed by atoms with Crippen LogP contribution in [0.5, 0.6) is 5.75 Å². The fraction of sp³-hybridized carbons (Fsp3) is 0.323. The van der Waals surface area contributed by atoms with E-state index in [0.717, 1.165) is 35.2 Å². The van der Waals surface area contributed by atoms with Crippen molar-refractivity contribution in [3.05, 3.63) is 98.1 Å². The van der Waals surface area contributed by atoms with Gasteiger partial charge in [-0.05, 0) is 70.6 Å². The van der Waals surface area contributed by atoms with Crippen molar-refractivity contribution in [2.45, 2.75) is 25.4 Å². The molecule has 0 amide bonds. The summed E-state index contributed by atoms with van der Waals surface area (Å²) in [4.78, 5) is 22.8. The Bertz CT molecular complexity index is 1650. The van der Waals surface area contributed by atoms with Gasteiger partial charge in [-0.15, -0.1) is 0 Å². The molecule has 204 valence electrons. The number of pyridine rings is 2. The van der Waals surface area contributed by atoms with E-state index >= 15 is 0 Å². The van der Waals surface area contributed by atoms with Crippen LogP contribution in [0.1, 0.15) is 35.6 Å².